The molecule has 0 atom stereocenters. The number of benzene rings is 1. The molecule has 2 saturated carbocycles. The number of nitrogens with one attached hydrogen (secondary N) is 1. The van der Waals surface area contributed by atoms with Crippen molar-refractivity contribution in [1.29, 1.82) is 0 Å². The van der Waals surface area contributed by atoms with Crippen LogP contribution in [-0.2, 0) is 0 Å². The van der Waals surface area contributed by atoms with Crippen LogP contribution in [-0.4, -0.2) is 28.0 Å². The Kier molecular flexibility index (Phi) is 4.47. The molecule has 3 N–H and O–H groups in total. The first-order chi connectivity index (χ1) is 13.9. The van der Waals surface area contributed by atoms with Gasteiger partial charge in [0, 0.05) is 18.3 Å². The zero-order chi connectivity index (χ0) is 20.2. The number of nitrogens with two attached hydrogens (primary N) is 1. The molecular weight excluding hydrogens is 459 g/mol. The summed E-state index contributed by atoms with van der Waals surface area (Å²) in [5, 5.41) is 4.30. The molecule has 0 radical (unpaired) electrons. The molecule has 6 nitrogen and oxygen atoms in total. The number of aromatic nitrogens is 2. The van der Waals surface area contributed by atoms with Crippen LogP contribution in [0.5, 0.6) is 5.88 Å². The number of primary amides is 1. The topological polar surface area (TPSA) is 90.1 Å². The summed E-state index contributed by atoms with van der Waals surface area (Å²) < 4.78 is 21.0. The number of fused-ring (bicyclic) bond motifs is 1. The predicted octanol–water partition coefficient (Wildman–Crippen LogP) is 4.49. The van der Waals surface area contributed by atoms with E-state index in [0.29, 0.717) is 27.5 Å². The Labute approximate surface area is 178 Å². The number of carbonyl (C=O) groups is 1. The van der Waals surface area contributed by atoms with E-state index in [2.05, 4.69) is 31.2 Å². The van der Waals surface area contributed by atoms with Crippen molar-refractivity contribution in [3.8, 4) is 5.88 Å². The molecule has 150 valence electrons. The Morgan fingerprint density at radius 1 is 1.34 bits per heavy atom. The molecule has 1 amide bonds. The van der Waals surface area contributed by atoms with Gasteiger partial charge >= 0.3 is 0 Å². The van der Waals surface area contributed by atoms with Crippen LogP contribution in [0.4, 0.5) is 9.52 Å². The van der Waals surface area contributed by atoms with Crippen molar-refractivity contribution in [1.82, 2.24) is 9.97 Å². The fourth-order valence-electron chi connectivity index (χ4n) is 4.40. The lowest BCUT2D eigenvalue weighted by molar-refractivity contribution is -0.0759. The maximum Gasteiger partial charge on any atom is 0.254 e. The van der Waals surface area contributed by atoms with Crippen molar-refractivity contribution in [3.63, 3.8) is 0 Å². The van der Waals surface area contributed by atoms with Gasteiger partial charge in [0.1, 0.15) is 17.5 Å². The van der Waals surface area contributed by atoms with E-state index in [1.165, 1.54) is 17.4 Å². The monoisotopic (exact) mass is 476 g/mol. The number of hydrogen-bond acceptors (Lipinski definition) is 6. The first-order valence-corrected chi connectivity index (χ1v) is 11.0. The largest absolute Gasteiger partial charge is 0.474 e. The van der Waals surface area contributed by atoms with Crippen LogP contribution < -0.4 is 15.8 Å². The summed E-state index contributed by atoms with van der Waals surface area (Å²) in [5.41, 5.74) is 6.66. The first-order valence-electron chi connectivity index (χ1n) is 9.34. The first kappa shape index (κ1) is 18.7. The van der Waals surface area contributed by atoms with Gasteiger partial charge < -0.3 is 15.8 Å². The van der Waals surface area contributed by atoms with E-state index in [0.717, 1.165) is 35.5 Å². The van der Waals surface area contributed by atoms with Crippen LogP contribution >= 0.6 is 27.3 Å². The molecule has 2 aromatic heterocycles. The van der Waals surface area contributed by atoms with E-state index in [1.807, 2.05) is 0 Å². The minimum Gasteiger partial charge on any atom is -0.474 e. The van der Waals surface area contributed by atoms with E-state index >= 15 is 0 Å². The summed E-state index contributed by atoms with van der Waals surface area (Å²) in [4.78, 5) is 20.1. The highest BCUT2D eigenvalue weighted by atomic mass is 79.9. The van der Waals surface area contributed by atoms with Crippen molar-refractivity contribution < 1.29 is 13.9 Å². The maximum atomic E-state index is 13.7. The number of carbonyl (C=O) groups excluding carboxylic acids is 1. The zero-order valence-corrected chi connectivity index (χ0v) is 17.7. The lowest BCUT2D eigenvalue weighted by Crippen LogP contribution is -2.56. The number of nitrogens with zero attached hydrogens (tertiary/aromatic N) is 2. The molecule has 5 rings (SSSR count). The average Bonchev–Trinajstić information content (AvgIpc) is 2.99. The van der Waals surface area contributed by atoms with Crippen LogP contribution in [0.2, 0.25) is 0 Å². The third kappa shape index (κ3) is 3.46. The van der Waals surface area contributed by atoms with E-state index in [-0.39, 0.29) is 17.3 Å². The van der Waals surface area contributed by atoms with Gasteiger partial charge in [-0.3, -0.25) is 4.79 Å². The van der Waals surface area contributed by atoms with Gasteiger partial charge in [0.25, 0.3) is 5.91 Å². The van der Waals surface area contributed by atoms with Gasteiger partial charge in [0.15, 0.2) is 5.13 Å². The molecule has 2 fully saturated rings. The summed E-state index contributed by atoms with van der Waals surface area (Å²) >= 11 is 4.75. The van der Waals surface area contributed by atoms with Gasteiger partial charge in [-0.05, 0) is 65.2 Å². The van der Waals surface area contributed by atoms with Gasteiger partial charge in [-0.15, -0.1) is 0 Å². The van der Waals surface area contributed by atoms with Gasteiger partial charge in [-0.2, -0.15) is 0 Å². The molecule has 1 aromatic carbocycles. The Morgan fingerprint density at radius 3 is 2.90 bits per heavy atom. The van der Waals surface area contributed by atoms with Crippen molar-refractivity contribution in [3.05, 3.63) is 46.3 Å². The van der Waals surface area contributed by atoms with Crippen LogP contribution in [0, 0.1) is 11.2 Å². The smallest absolute Gasteiger partial charge is 0.254 e. The second-order valence-corrected chi connectivity index (χ2v) is 9.76. The lowest BCUT2D eigenvalue weighted by Gasteiger charge is -2.57. The molecule has 9 heteroatoms. The van der Waals surface area contributed by atoms with Crippen LogP contribution in [0.15, 0.2) is 34.9 Å². The summed E-state index contributed by atoms with van der Waals surface area (Å²) in [6.07, 6.45) is 5.64. The number of halogens is 2. The van der Waals surface area contributed by atoms with E-state index < -0.39 is 5.91 Å². The zero-order valence-electron chi connectivity index (χ0n) is 15.3. The number of ether oxygens (including phenoxy) is 1. The summed E-state index contributed by atoms with van der Waals surface area (Å²) in [6, 6.07) is 6.88. The molecule has 0 saturated heterocycles. The molecule has 1 spiro atoms. The van der Waals surface area contributed by atoms with Gasteiger partial charge in [0.05, 0.1) is 14.7 Å². The van der Waals surface area contributed by atoms with Crippen molar-refractivity contribution in [2.24, 2.45) is 11.1 Å². The molecule has 2 aliphatic carbocycles. The minimum absolute atomic E-state index is 0.0618. The molecule has 0 aliphatic heterocycles. The number of thiazole rings is 1. The predicted molar refractivity (Wildman–Crippen MR) is 113 cm³/mol. The summed E-state index contributed by atoms with van der Waals surface area (Å²) in [5.74, 6) is -0.510. The number of rotatable bonds is 5. The number of hydrogen-bond donors (Lipinski definition) is 2. The quantitative estimate of drug-likeness (QED) is 0.565. The highest BCUT2D eigenvalue weighted by Gasteiger charge is 2.54. The fraction of sp³-hybridized carbons (Fsp3) is 0.350. The maximum absolute atomic E-state index is 13.7. The SMILES string of the molecule is NC(=O)c1cccnc1O[C@H]1CC2(C[C@H](Nc3nc4cc(F)c(Br)cc4s3)C2)C1. The lowest BCUT2D eigenvalue weighted by atomic mass is 9.53. The fourth-order valence-corrected chi connectivity index (χ4v) is 5.86. The van der Waals surface area contributed by atoms with E-state index in [9.17, 15) is 9.18 Å². The molecule has 0 unspecified atom stereocenters. The molecule has 29 heavy (non-hydrogen) atoms. The summed E-state index contributed by atoms with van der Waals surface area (Å²) in [7, 11) is 0. The second kappa shape index (κ2) is 6.91. The van der Waals surface area contributed by atoms with E-state index in [1.54, 1.807) is 24.4 Å². The Balaban J connectivity index is 1.16. The number of pyridine rings is 1. The Bertz CT molecular complexity index is 1070. The molecule has 0 bridgehead atoms. The highest BCUT2D eigenvalue weighted by molar-refractivity contribution is 9.10. The number of amides is 1. The van der Waals surface area contributed by atoms with Crippen molar-refractivity contribution >= 4 is 48.5 Å². The van der Waals surface area contributed by atoms with Crippen LogP contribution in [0.1, 0.15) is 36.0 Å². The summed E-state index contributed by atoms with van der Waals surface area (Å²) in [6.45, 7) is 0. The van der Waals surface area contributed by atoms with Gasteiger partial charge in [0.2, 0.25) is 5.88 Å². The second-order valence-electron chi connectivity index (χ2n) is 7.87. The molecule has 2 aliphatic rings. The third-order valence-corrected chi connectivity index (χ3v) is 7.31. The Morgan fingerprint density at radius 2 is 2.14 bits per heavy atom. The van der Waals surface area contributed by atoms with Crippen molar-refractivity contribution in [2.75, 3.05) is 5.32 Å². The van der Waals surface area contributed by atoms with Gasteiger partial charge in [-0.1, -0.05) is 11.3 Å². The Hall–Kier alpha value is -2.26. The average molecular weight is 477 g/mol. The van der Waals surface area contributed by atoms with Crippen molar-refractivity contribution in [2.45, 2.75) is 37.8 Å². The van der Waals surface area contributed by atoms with Crippen LogP contribution in [0.3, 0.4) is 0 Å². The molecular formula is C20H18BrFN4O2S. The minimum atomic E-state index is -0.530. The molecule has 2 heterocycles. The van der Waals surface area contributed by atoms with Crippen LogP contribution in [0.25, 0.3) is 10.2 Å². The highest BCUT2D eigenvalue weighted by Crippen LogP contribution is 2.57. The number of anilines is 1. The standard InChI is InChI=1S/C20H18BrFN4O2S/c21-13-4-16-15(5-14(13)22)26-19(29-16)25-10-6-20(7-10)8-11(9-20)28-18-12(17(23)27)2-1-3-24-18/h1-5,10-11H,6-9H2,(H2,23,27)(H,25,26)/t10-,11-,20?. The van der Waals surface area contributed by atoms with Gasteiger partial charge in [-0.25, -0.2) is 14.4 Å². The molecule has 3 aromatic rings. The third-order valence-electron chi connectivity index (χ3n) is 5.75. The normalized spacial score (nSPS) is 25.4. The van der Waals surface area contributed by atoms with E-state index in [4.69, 9.17) is 10.5 Å².